The van der Waals surface area contributed by atoms with Crippen molar-refractivity contribution in [3.05, 3.63) is 48.0 Å². The third-order valence-corrected chi connectivity index (χ3v) is 5.00. The van der Waals surface area contributed by atoms with Gasteiger partial charge in [-0.1, -0.05) is 18.2 Å². The molecule has 2 aromatic rings. The van der Waals surface area contributed by atoms with E-state index in [-0.39, 0.29) is 23.7 Å². The van der Waals surface area contributed by atoms with Gasteiger partial charge in [0.05, 0.1) is 33.2 Å². The molecule has 1 saturated carbocycles. The molecule has 2 atom stereocenters. The second-order valence-electron chi connectivity index (χ2n) is 6.86. The number of para-hydroxylation sites is 1. The molecule has 0 aliphatic heterocycles. The summed E-state index contributed by atoms with van der Waals surface area (Å²) in [5.74, 6) is 1.08. The lowest BCUT2D eigenvalue weighted by Crippen LogP contribution is -2.29. The van der Waals surface area contributed by atoms with Gasteiger partial charge >= 0.3 is 0 Å². The summed E-state index contributed by atoms with van der Waals surface area (Å²) < 4.78 is 15.7. The van der Waals surface area contributed by atoms with Crippen LogP contribution < -0.4 is 24.8 Å². The molecular formula is C22H26N2O5. The van der Waals surface area contributed by atoms with Crippen molar-refractivity contribution in [2.45, 2.75) is 12.8 Å². The highest BCUT2D eigenvalue weighted by molar-refractivity contribution is 5.99. The van der Waals surface area contributed by atoms with Gasteiger partial charge in [0.2, 0.25) is 11.8 Å². The van der Waals surface area contributed by atoms with Gasteiger partial charge in [-0.2, -0.15) is 0 Å². The summed E-state index contributed by atoms with van der Waals surface area (Å²) in [4.78, 5) is 24.8. The van der Waals surface area contributed by atoms with Crippen LogP contribution in [0.3, 0.4) is 0 Å². The number of ether oxygens (including phenoxy) is 3. The van der Waals surface area contributed by atoms with Gasteiger partial charge in [0, 0.05) is 18.3 Å². The molecule has 7 nitrogen and oxygen atoms in total. The molecule has 1 aliphatic rings. The number of hydrogen-bond acceptors (Lipinski definition) is 5. The molecule has 29 heavy (non-hydrogen) atoms. The first kappa shape index (κ1) is 20.5. The van der Waals surface area contributed by atoms with Gasteiger partial charge in [0.25, 0.3) is 0 Å². The standard InChI is InChI=1S/C22H26N2O5/c1-27-18-7-5-4-6-14(18)10-11-23-21(25)16-13-17(16)22(26)24-15-8-9-19(28-2)20(12-15)29-3/h4-9,12,16-17H,10-11,13H2,1-3H3,(H,23,25)(H,24,26). The van der Waals surface area contributed by atoms with Crippen molar-refractivity contribution in [3.63, 3.8) is 0 Å². The van der Waals surface area contributed by atoms with Crippen molar-refractivity contribution in [1.29, 1.82) is 0 Å². The monoisotopic (exact) mass is 398 g/mol. The summed E-state index contributed by atoms with van der Waals surface area (Å²) in [6, 6.07) is 12.9. The molecule has 154 valence electrons. The fourth-order valence-corrected chi connectivity index (χ4v) is 3.28. The lowest BCUT2D eigenvalue weighted by molar-refractivity contribution is -0.125. The van der Waals surface area contributed by atoms with Crippen molar-refractivity contribution < 1.29 is 23.8 Å². The Bertz CT molecular complexity index is 883. The molecule has 0 saturated heterocycles. The van der Waals surface area contributed by atoms with E-state index in [4.69, 9.17) is 14.2 Å². The molecule has 1 aliphatic carbocycles. The van der Waals surface area contributed by atoms with Crippen LogP contribution in [0.1, 0.15) is 12.0 Å². The summed E-state index contributed by atoms with van der Waals surface area (Å²) >= 11 is 0. The van der Waals surface area contributed by atoms with Gasteiger partial charge in [-0.05, 0) is 36.6 Å². The van der Waals surface area contributed by atoms with Crippen LogP contribution in [0.2, 0.25) is 0 Å². The Morgan fingerprint density at radius 3 is 2.31 bits per heavy atom. The first-order valence-corrected chi connectivity index (χ1v) is 9.50. The molecular weight excluding hydrogens is 372 g/mol. The number of hydrogen-bond donors (Lipinski definition) is 2. The van der Waals surface area contributed by atoms with Crippen LogP contribution in [0.15, 0.2) is 42.5 Å². The van der Waals surface area contributed by atoms with E-state index >= 15 is 0 Å². The van der Waals surface area contributed by atoms with Gasteiger partial charge in [0.1, 0.15) is 5.75 Å². The molecule has 0 bridgehead atoms. The van der Waals surface area contributed by atoms with E-state index in [2.05, 4.69) is 10.6 Å². The van der Waals surface area contributed by atoms with Crippen LogP contribution in [0.25, 0.3) is 0 Å². The Morgan fingerprint density at radius 2 is 1.59 bits per heavy atom. The lowest BCUT2D eigenvalue weighted by atomic mass is 10.1. The zero-order valence-corrected chi connectivity index (χ0v) is 16.9. The highest BCUT2D eigenvalue weighted by Gasteiger charge is 2.47. The third kappa shape index (κ3) is 4.99. The average Bonchev–Trinajstić information content (AvgIpc) is 3.55. The first-order chi connectivity index (χ1) is 14.1. The maximum Gasteiger partial charge on any atom is 0.228 e. The van der Waals surface area contributed by atoms with E-state index in [0.717, 1.165) is 11.3 Å². The minimum Gasteiger partial charge on any atom is -0.496 e. The summed E-state index contributed by atoms with van der Waals surface area (Å²) in [7, 11) is 4.72. The Kier molecular flexibility index (Phi) is 6.59. The number of nitrogens with one attached hydrogen (secondary N) is 2. The first-order valence-electron chi connectivity index (χ1n) is 9.50. The zero-order valence-electron chi connectivity index (χ0n) is 16.9. The topological polar surface area (TPSA) is 85.9 Å². The number of anilines is 1. The third-order valence-electron chi connectivity index (χ3n) is 5.00. The van der Waals surface area contributed by atoms with Crippen molar-refractivity contribution in [2.24, 2.45) is 11.8 Å². The Hall–Kier alpha value is -3.22. The molecule has 2 amide bonds. The quantitative estimate of drug-likeness (QED) is 0.678. The zero-order chi connectivity index (χ0) is 20.8. The summed E-state index contributed by atoms with van der Waals surface area (Å²) in [6.45, 7) is 0.500. The molecule has 2 N–H and O–H groups in total. The fraction of sp³-hybridized carbons (Fsp3) is 0.364. The number of rotatable bonds is 9. The molecule has 3 rings (SSSR count). The number of methoxy groups -OCH3 is 3. The molecule has 0 aromatic heterocycles. The highest BCUT2D eigenvalue weighted by Crippen LogP contribution is 2.40. The van der Waals surface area contributed by atoms with Crippen LogP contribution in [-0.4, -0.2) is 39.7 Å². The second kappa shape index (κ2) is 9.32. The molecule has 1 fully saturated rings. The van der Waals surface area contributed by atoms with Crippen molar-refractivity contribution in [1.82, 2.24) is 5.32 Å². The Balaban J connectivity index is 1.47. The van der Waals surface area contributed by atoms with Crippen LogP contribution in [0.5, 0.6) is 17.2 Å². The molecule has 0 heterocycles. The summed E-state index contributed by atoms with van der Waals surface area (Å²) in [6.07, 6.45) is 1.23. The van der Waals surface area contributed by atoms with Crippen LogP contribution in [0.4, 0.5) is 5.69 Å². The van der Waals surface area contributed by atoms with E-state index in [9.17, 15) is 9.59 Å². The predicted molar refractivity (Wildman–Crippen MR) is 109 cm³/mol. The van der Waals surface area contributed by atoms with Gasteiger partial charge in [-0.3, -0.25) is 9.59 Å². The van der Waals surface area contributed by atoms with E-state index in [0.29, 0.717) is 36.6 Å². The summed E-state index contributed by atoms with van der Waals surface area (Å²) in [5.41, 5.74) is 1.64. The van der Waals surface area contributed by atoms with Crippen LogP contribution in [-0.2, 0) is 16.0 Å². The lowest BCUT2D eigenvalue weighted by Gasteiger charge is -2.11. The van der Waals surface area contributed by atoms with Crippen molar-refractivity contribution >= 4 is 17.5 Å². The van der Waals surface area contributed by atoms with E-state index in [1.807, 2.05) is 24.3 Å². The SMILES string of the molecule is COc1ccccc1CCNC(=O)C1CC1C(=O)Nc1ccc(OC)c(OC)c1. The van der Waals surface area contributed by atoms with E-state index in [1.54, 1.807) is 32.4 Å². The maximum atomic E-state index is 12.4. The fourth-order valence-electron chi connectivity index (χ4n) is 3.28. The largest absolute Gasteiger partial charge is 0.496 e. The number of amides is 2. The van der Waals surface area contributed by atoms with Gasteiger partial charge in [0.15, 0.2) is 11.5 Å². The number of carbonyl (C=O) groups excluding carboxylic acids is 2. The normalized spacial score (nSPS) is 17.2. The van der Waals surface area contributed by atoms with Gasteiger partial charge in [-0.15, -0.1) is 0 Å². The molecule has 2 unspecified atom stereocenters. The van der Waals surface area contributed by atoms with Crippen molar-refractivity contribution in [3.8, 4) is 17.2 Å². The Morgan fingerprint density at radius 1 is 0.897 bits per heavy atom. The van der Waals surface area contributed by atoms with Crippen LogP contribution >= 0.6 is 0 Å². The van der Waals surface area contributed by atoms with Crippen molar-refractivity contribution in [2.75, 3.05) is 33.2 Å². The maximum absolute atomic E-state index is 12.4. The highest BCUT2D eigenvalue weighted by atomic mass is 16.5. The minimum absolute atomic E-state index is 0.0904. The average molecular weight is 398 g/mol. The van der Waals surface area contributed by atoms with Crippen LogP contribution in [0, 0.1) is 11.8 Å². The van der Waals surface area contributed by atoms with Gasteiger partial charge < -0.3 is 24.8 Å². The summed E-state index contributed by atoms with van der Waals surface area (Å²) in [5, 5.41) is 5.76. The molecule has 2 aromatic carbocycles. The molecule has 0 radical (unpaired) electrons. The Labute approximate surface area is 170 Å². The minimum atomic E-state index is -0.311. The van der Waals surface area contributed by atoms with Gasteiger partial charge in [-0.25, -0.2) is 0 Å². The molecule has 0 spiro atoms. The van der Waals surface area contributed by atoms with E-state index in [1.165, 1.54) is 7.11 Å². The molecule has 7 heteroatoms. The number of carbonyl (C=O) groups is 2. The smallest absolute Gasteiger partial charge is 0.228 e. The van der Waals surface area contributed by atoms with E-state index < -0.39 is 0 Å². The number of benzene rings is 2. The second-order valence-corrected chi connectivity index (χ2v) is 6.86. The predicted octanol–water partition coefficient (Wildman–Crippen LogP) is 2.65.